The van der Waals surface area contributed by atoms with E-state index < -0.39 is 0 Å². The standard InChI is InChI=1S/C79H56N5O2S.Ir/c1-78(2,3)72-46-74(85)81-76-62-30-26-48(39-51(62)34-37-83(72)76)57-17-7-9-19-59(57)54-41-55(60-20-10-8-18-58(60)49-27-31-63-52(40-49)35-38-84-73(79(4,5)6)47-75(86)82-77(63)84)43-56(42-54)61-21-11-12-22-64(61)65-32-29-53(69-24-15-16-36-80-69)44-68(65)50-28-33-67-66-23-13-14-25-70(66)87-71(67)45-50;/h7-28,32-47H,1-6H3;/q-3;+3. The van der Waals surface area contributed by atoms with Crippen LogP contribution in [0.15, 0.2) is 241 Å². The first-order valence-electron chi connectivity index (χ1n) is 29.3. The predicted molar refractivity (Wildman–Crippen MR) is 360 cm³/mol. The van der Waals surface area contributed by atoms with Crippen molar-refractivity contribution < 1.29 is 20.1 Å². The van der Waals surface area contributed by atoms with Crippen molar-refractivity contribution >= 4 is 64.3 Å². The Hall–Kier alpha value is -9.76. The van der Waals surface area contributed by atoms with Gasteiger partial charge in [-0.05, 0) is 93.4 Å². The van der Waals surface area contributed by atoms with Gasteiger partial charge in [0, 0.05) is 60.7 Å². The van der Waals surface area contributed by atoms with Crippen molar-refractivity contribution in [2.24, 2.45) is 0 Å². The summed E-state index contributed by atoms with van der Waals surface area (Å²) in [7, 11) is 0. The molecule has 0 fully saturated rings. The Morgan fingerprint density at radius 2 is 0.875 bits per heavy atom. The minimum Gasteiger partial charge on any atom is -0.345 e. The zero-order valence-electron chi connectivity index (χ0n) is 49.2. The van der Waals surface area contributed by atoms with Gasteiger partial charge in [0.25, 0.3) is 11.1 Å². The molecule has 0 bridgehead atoms. The molecule has 0 radical (unpaired) electrons. The van der Waals surface area contributed by atoms with E-state index in [-0.39, 0.29) is 42.1 Å². The average molecular weight is 1330 g/mol. The van der Waals surface area contributed by atoms with E-state index in [1.165, 1.54) is 20.2 Å². The van der Waals surface area contributed by atoms with E-state index in [1.807, 2.05) is 69.1 Å². The molecule has 9 heteroatoms. The largest absolute Gasteiger partial charge is 3.00 e. The minimum atomic E-state index is -0.285. The van der Waals surface area contributed by atoms with Crippen molar-refractivity contribution in [2.75, 3.05) is 0 Å². The van der Waals surface area contributed by atoms with Crippen molar-refractivity contribution in [1.29, 1.82) is 0 Å². The monoisotopic (exact) mass is 1330 g/mol. The van der Waals surface area contributed by atoms with Gasteiger partial charge in [-0.25, -0.2) is 9.97 Å². The topological polar surface area (TPSA) is 81.6 Å². The normalized spacial score (nSPS) is 12.0. The summed E-state index contributed by atoms with van der Waals surface area (Å²) in [5.74, 6) is 0. The SMILES string of the molecule is CC(C)(C)c1cc(=O)nc2c3[c-]cc(-c4ccccc4-c4cc(-c5ccccc5-c5c[c-]c6c(ccn7c(C(C)(C)C)cc(=O)nc67)c5)cc(-c5ccccc5-c5c[c-]c(-c6ccccn6)cc5-c5ccc6c(c5)sc5ccccc56)c4)cc3ccn12.[Ir+3]. The third-order valence-electron chi connectivity index (χ3n) is 16.8. The first-order valence-corrected chi connectivity index (χ1v) is 30.1. The van der Waals surface area contributed by atoms with Gasteiger partial charge in [0.05, 0.1) is 11.3 Å². The summed E-state index contributed by atoms with van der Waals surface area (Å²) in [4.78, 5) is 40.2. The number of benzene rings is 9. The van der Waals surface area contributed by atoms with E-state index in [9.17, 15) is 9.59 Å². The third kappa shape index (κ3) is 9.95. The molecule has 6 aromatic heterocycles. The van der Waals surface area contributed by atoms with E-state index in [2.05, 4.69) is 240 Å². The van der Waals surface area contributed by atoms with E-state index >= 15 is 0 Å². The Bertz CT molecular complexity index is 5220. The second-order valence-electron chi connectivity index (χ2n) is 24.5. The maximum absolute atomic E-state index is 13.2. The van der Waals surface area contributed by atoms with E-state index in [0.29, 0.717) is 11.3 Å². The molecular weight excluding hydrogens is 1280 g/mol. The third-order valence-corrected chi connectivity index (χ3v) is 17.9. The fraction of sp³-hybridized carbons (Fsp3) is 0.101. The molecule has 0 unspecified atom stereocenters. The van der Waals surface area contributed by atoms with Crippen LogP contribution >= 0.6 is 11.3 Å². The molecule has 6 heterocycles. The number of fused-ring (bicyclic) bond motifs is 9. The summed E-state index contributed by atoms with van der Waals surface area (Å²) >= 11 is 1.82. The number of hydrogen-bond donors (Lipinski definition) is 0. The van der Waals surface area contributed by atoms with Crippen molar-refractivity contribution in [3.05, 3.63) is 281 Å². The van der Waals surface area contributed by atoms with E-state index in [4.69, 9.17) is 4.98 Å². The Balaban J connectivity index is 0.00000680. The van der Waals surface area contributed by atoms with Crippen molar-refractivity contribution in [2.45, 2.75) is 52.4 Å². The number of aromatic nitrogens is 5. The smallest absolute Gasteiger partial charge is 0.345 e. The molecule has 0 aliphatic heterocycles. The van der Waals surface area contributed by atoms with E-state index in [1.54, 1.807) is 12.1 Å². The molecule has 7 nitrogen and oxygen atoms in total. The van der Waals surface area contributed by atoms with Crippen LogP contribution in [0.1, 0.15) is 52.9 Å². The molecule has 88 heavy (non-hydrogen) atoms. The minimum absolute atomic E-state index is 0. The van der Waals surface area contributed by atoms with Crippen molar-refractivity contribution in [1.82, 2.24) is 23.8 Å². The van der Waals surface area contributed by atoms with Gasteiger partial charge in [0.2, 0.25) is 0 Å². The van der Waals surface area contributed by atoms with Crippen LogP contribution < -0.4 is 11.1 Å². The van der Waals surface area contributed by atoms with Crippen LogP contribution in [0, 0.1) is 18.2 Å². The van der Waals surface area contributed by atoms with Crippen LogP contribution in [0.5, 0.6) is 0 Å². The molecule has 0 aliphatic carbocycles. The van der Waals surface area contributed by atoms with Gasteiger partial charge in [-0.15, -0.1) is 93.0 Å². The summed E-state index contributed by atoms with van der Waals surface area (Å²) in [5, 5.41) is 5.94. The molecular formula is C79H56IrN5O2S. The fourth-order valence-electron chi connectivity index (χ4n) is 12.6. The van der Waals surface area contributed by atoms with Crippen molar-refractivity contribution in [3.8, 4) is 89.1 Å². The Labute approximate surface area is 527 Å². The number of nitrogens with zero attached hydrogens (tertiary/aromatic N) is 5. The summed E-state index contributed by atoms with van der Waals surface area (Å²) in [6.07, 6.45) is 5.88. The van der Waals surface area contributed by atoms with Crippen LogP contribution in [-0.2, 0) is 30.9 Å². The molecule has 0 atom stereocenters. The Kier molecular flexibility index (Phi) is 13.9. The molecule has 15 rings (SSSR count). The fourth-order valence-corrected chi connectivity index (χ4v) is 13.8. The van der Waals surface area contributed by atoms with Crippen LogP contribution in [0.4, 0.5) is 0 Å². The molecule has 0 spiro atoms. The quantitative estimate of drug-likeness (QED) is 0.112. The molecule has 0 amide bonds. The second-order valence-corrected chi connectivity index (χ2v) is 25.6. The Morgan fingerprint density at radius 3 is 1.40 bits per heavy atom. The van der Waals surface area contributed by atoms with Crippen LogP contribution in [0.3, 0.4) is 0 Å². The average Bonchev–Trinajstić information content (AvgIpc) is 1.30. The second kappa shape index (κ2) is 21.9. The van der Waals surface area contributed by atoms with Gasteiger partial charge in [-0.3, -0.25) is 9.59 Å². The predicted octanol–water partition coefficient (Wildman–Crippen LogP) is 19.1. The molecule has 9 aromatic carbocycles. The summed E-state index contributed by atoms with van der Waals surface area (Å²) < 4.78 is 6.54. The number of thiophene rings is 1. The van der Waals surface area contributed by atoms with Gasteiger partial charge >= 0.3 is 20.1 Å². The van der Waals surface area contributed by atoms with E-state index in [0.717, 1.165) is 122 Å². The maximum Gasteiger partial charge on any atom is 3.00 e. The van der Waals surface area contributed by atoms with Gasteiger partial charge in [-0.2, -0.15) is 0 Å². The maximum atomic E-state index is 13.2. The zero-order valence-corrected chi connectivity index (χ0v) is 52.4. The van der Waals surface area contributed by atoms with Crippen LogP contribution in [0.2, 0.25) is 0 Å². The van der Waals surface area contributed by atoms with Gasteiger partial charge < -0.3 is 13.8 Å². The molecule has 0 N–H and O–H groups in total. The van der Waals surface area contributed by atoms with Gasteiger partial charge in [-0.1, -0.05) is 208 Å². The molecule has 0 aliphatic rings. The number of rotatable bonds is 8. The van der Waals surface area contributed by atoms with Crippen LogP contribution in [-0.4, -0.2) is 23.8 Å². The summed E-state index contributed by atoms with van der Waals surface area (Å²) in [6, 6.07) is 85.6. The molecule has 0 saturated heterocycles. The molecule has 15 aromatic rings. The zero-order chi connectivity index (χ0) is 59.3. The van der Waals surface area contributed by atoms with Crippen molar-refractivity contribution in [3.63, 3.8) is 0 Å². The summed E-state index contributed by atoms with van der Waals surface area (Å²) in [6.45, 7) is 12.7. The Morgan fingerprint density at radius 1 is 0.398 bits per heavy atom. The van der Waals surface area contributed by atoms with Gasteiger partial charge in [0.1, 0.15) is 0 Å². The first-order chi connectivity index (χ1) is 42.2. The van der Waals surface area contributed by atoms with Crippen LogP contribution in [0.25, 0.3) is 142 Å². The molecule has 0 saturated carbocycles. The summed E-state index contributed by atoms with van der Waals surface area (Å²) in [5.41, 5.74) is 18.2. The van der Waals surface area contributed by atoms with Gasteiger partial charge in [0.15, 0.2) is 0 Å². The molecule has 424 valence electrons. The number of pyridine rings is 3. The first kappa shape index (κ1) is 56.1. The number of hydrogen-bond acceptors (Lipinski definition) is 6.